The number of hydrogen-bond donors (Lipinski definition) is 1. The molecule has 1 aromatic heterocycles. The van der Waals surface area contributed by atoms with E-state index in [4.69, 9.17) is 4.74 Å². The lowest BCUT2D eigenvalue weighted by Crippen LogP contribution is -2.40. The van der Waals surface area contributed by atoms with E-state index in [0.717, 1.165) is 17.0 Å². The average molecular weight is 368 g/mol. The van der Waals surface area contributed by atoms with Gasteiger partial charge in [-0.15, -0.1) is 0 Å². The number of carbonyl (C=O) groups is 2. The van der Waals surface area contributed by atoms with Gasteiger partial charge in [0.1, 0.15) is 0 Å². The zero-order valence-electron chi connectivity index (χ0n) is 16.6. The van der Waals surface area contributed by atoms with E-state index < -0.39 is 0 Å². The van der Waals surface area contributed by atoms with Gasteiger partial charge >= 0.3 is 5.97 Å². The van der Waals surface area contributed by atoms with E-state index in [9.17, 15) is 9.59 Å². The van der Waals surface area contributed by atoms with Gasteiger partial charge in [0.2, 0.25) is 0 Å². The number of nitrogens with one attached hydrogen (secondary N) is 1. The number of benzene rings is 1. The summed E-state index contributed by atoms with van der Waals surface area (Å²) in [4.78, 5) is 30.1. The standard InChI is InChI=1S/C22H28N2O3/c1-5-27-22(26)17-8-10-24(11-9-17)21(25)19-13-20(23-16(19)4)18-7-6-14(2)15(3)12-18/h6-7,12-13,17,23H,5,8-11H2,1-4H3. The van der Waals surface area contributed by atoms with Crippen LogP contribution in [0.4, 0.5) is 0 Å². The van der Waals surface area contributed by atoms with E-state index in [1.807, 2.05) is 24.8 Å². The van der Waals surface area contributed by atoms with E-state index >= 15 is 0 Å². The largest absolute Gasteiger partial charge is 0.466 e. The summed E-state index contributed by atoms with van der Waals surface area (Å²) in [5, 5.41) is 0. The molecule has 1 saturated heterocycles. The molecule has 0 bridgehead atoms. The molecule has 0 atom stereocenters. The smallest absolute Gasteiger partial charge is 0.309 e. The summed E-state index contributed by atoms with van der Waals surface area (Å²) in [5.74, 6) is -0.201. The van der Waals surface area contributed by atoms with Gasteiger partial charge in [0.25, 0.3) is 5.91 Å². The first-order valence-electron chi connectivity index (χ1n) is 9.63. The van der Waals surface area contributed by atoms with Crippen molar-refractivity contribution in [1.29, 1.82) is 0 Å². The summed E-state index contributed by atoms with van der Waals surface area (Å²) in [6.07, 6.45) is 1.33. The number of carbonyl (C=O) groups excluding carboxylic acids is 2. The van der Waals surface area contributed by atoms with Crippen LogP contribution in [0.25, 0.3) is 11.3 Å². The van der Waals surface area contributed by atoms with Crippen molar-refractivity contribution in [1.82, 2.24) is 9.88 Å². The Morgan fingerprint density at radius 1 is 1.11 bits per heavy atom. The highest BCUT2D eigenvalue weighted by molar-refractivity contribution is 5.97. The molecular formula is C22H28N2O3. The summed E-state index contributed by atoms with van der Waals surface area (Å²) in [6, 6.07) is 8.26. The molecule has 1 N–H and O–H groups in total. The summed E-state index contributed by atoms with van der Waals surface area (Å²) < 4.78 is 5.10. The van der Waals surface area contributed by atoms with Crippen molar-refractivity contribution in [2.45, 2.75) is 40.5 Å². The zero-order valence-corrected chi connectivity index (χ0v) is 16.6. The fraction of sp³-hybridized carbons (Fsp3) is 0.455. The second-order valence-electron chi connectivity index (χ2n) is 7.34. The number of rotatable bonds is 4. The monoisotopic (exact) mass is 368 g/mol. The number of likely N-dealkylation sites (tertiary alicyclic amines) is 1. The van der Waals surface area contributed by atoms with Crippen molar-refractivity contribution < 1.29 is 14.3 Å². The Balaban J connectivity index is 1.72. The topological polar surface area (TPSA) is 62.4 Å². The molecule has 27 heavy (non-hydrogen) atoms. The minimum atomic E-state index is -0.139. The van der Waals surface area contributed by atoms with Gasteiger partial charge < -0.3 is 14.6 Å². The second kappa shape index (κ2) is 7.99. The molecule has 2 heterocycles. The Morgan fingerprint density at radius 3 is 2.44 bits per heavy atom. The van der Waals surface area contributed by atoms with Crippen LogP contribution in [0.15, 0.2) is 24.3 Å². The third-order valence-corrected chi connectivity index (χ3v) is 5.47. The minimum Gasteiger partial charge on any atom is -0.466 e. The highest BCUT2D eigenvalue weighted by atomic mass is 16.5. The van der Waals surface area contributed by atoms with Gasteiger partial charge in [0, 0.05) is 24.5 Å². The van der Waals surface area contributed by atoms with E-state index in [-0.39, 0.29) is 17.8 Å². The Morgan fingerprint density at radius 2 is 1.81 bits per heavy atom. The summed E-state index contributed by atoms with van der Waals surface area (Å²) >= 11 is 0. The molecule has 1 amide bonds. The molecule has 0 spiro atoms. The van der Waals surface area contributed by atoms with Crippen LogP contribution < -0.4 is 0 Å². The van der Waals surface area contributed by atoms with Gasteiger partial charge in [-0.25, -0.2) is 0 Å². The van der Waals surface area contributed by atoms with Gasteiger partial charge in [-0.05, 0) is 69.4 Å². The van der Waals surface area contributed by atoms with Gasteiger partial charge in [-0.1, -0.05) is 12.1 Å². The fourth-order valence-electron chi connectivity index (χ4n) is 3.59. The molecule has 0 aliphatic carbocycles. The highest BCUT2D eigenvalue weighted by Crippen LogP contribution is 2.26. The molecule has 2 aromatic rings. The lowest BCUT2D eigenvalue weighted by molar-refractivity contribution is -0.149. The first kappa shape index (κ1) is 19.2. The SMILES string of the molecule is CCOC(=O)C1CCN(C(=O)c2cc(-c3ccc(C)c(C)c3)[nH]c2C)CC1. The van der Waals surface area contributed by atoms with E-state index in [0.29, 0.717) is 38.1 Å². The molecule has 5 nitrogen and oxygen atoms in total. The van der Waals surface area contributed by atoms with E-state index in [1.165, 1.54) is 11.1 Å². The average Bonchev–Trinajstić information content (AvgIpc) is 3.05. The summed E-state index contributed by atoms with van der Waals surface area (Å²) in [7, 11) is 0. The summed E-state index contributed by atoms with van der Waals surface area (Å²) in [5.41, 5.74) is 6.11. The number of nitrogens with zero attached hydrogens (tertiary/aromatic N) is 1. The maximum absolute atomic E-state index is 13.0. The predicted octanol–water partition coefficient (Wildman–Crippen LogP) is 4.02. The molecule has 0 saturated carbocycles. The van der Waals surface area contributed by atoms with E-state index in [1.54, 1.807) is 0 Å². The van der Waals surface area contributed by atoms with E-state index in [2.05, 4.69) is 37.0 Å². The Hall–Kier alpha value is -2.56. The fourth-order valence-corrected chi connectivity index (χ4v) is 3.59. The number of ether oxygens (including phenoxy) is 1. The molecule has 1 aliphatic rings. The van der Waals surface area contributed by atoms with Crippen molar-refractivity contribution in [3.8, 4) is 11.3 Å². The van der Waals surface area contributed by atoms with Crippen LogP contribution in [0.1, 0.15) is 46.9 Å². The number of aromatic nitrogens is 1. The molecule has 1 fully saturated rings. The zero-order chi connectivity index (χ0) is 19.6. The van der Waals surface area contributed by atoms with Crippen molar-refractivity contribution in [2.24, 2.45) is 5.92 Å². The Kier molecular flexibility index (Phi) is 5.68. The van der Waals surface area contributed by atoms with Crippen LogP contribution >= 0.6 is 0 Å². The van der Waals surface area contributed by atoms with Crippen molar-refractivity contribution >= 4 is 11.9 Å². The molecule has 144 valence electrons. The van der Waals surface area contributed by atoms with Crippen LogP contribution in [0.2, 0.25) is 0 Å². The van der Waals surface area contributed by atoms with Gasteiger partial charge in [-0.2, -0.15) is 0 Å². The molecule has 3 rings (SSSR count). The first-order chi connectivity index (χ1) is 12.9. The number of aryl methyl sites for hydroxylation is 3. The van der Waals surface area contributed by atoms with Gasteiger partial charge in [0.15, 0.2) is 0 Å². The predicted molar refractivity (Wildman–Crippen MR) is 106 cm³/mol. The molecule has 0 unspecified atom stereocenters. The van der Waals surface area contributed by atoms with Crippen LogP contribution in [0.3, 0.4) is 0 Å². The molecule has 1 aromatic carbocycles. The number of esters is 1. The third-order valence-electron chi connectivity index (χ3n) is 5.47. The number of piperidine rings is 1. The van der Waals surface area contributed by atoms with Crippen molar-refractivity contribution in [3.63, 3.8) is 0 Å². The van der Waals surface area contributed by atoms with Gasteiger partial charge in [-0.3, -0.25) is 9.59 Å². The number of hydrogen-bond acceptors (Lipinski definition) is 3. The number of H-pyrrole nitrogens is 1. The number of aromatic amines is 1. The summed E-state index contributed by atoms with van der Waals surface area (Å²) in [6.45, 7) is 9.52. The third kappa shape index (κ3) is 4.07. The molecule has 5 heteroatoms. The lowest BCUT2D eigenvalue weighted by atomic mass is 9.96. The van der Waals surface area contributed by atoms with Crippen LogP contribution in [-0.2, 0) is 9.53 Å². The quantitative estimate of drug-likeness (QED) is 0.829. The maximum atomic E-state index is 13.0. The molecule has 1 aliphatic heterocycles. The van der Waals surface area contributed by atoms with Crippen molar-refractivity contribution in [2.75, 3.05) is 19.7 Å². The second-order valence-corrected chi connectivity index (χ2v) is 7.34. The molecule has 0 radical (unpaired) electrons. The first-order valence-corrected chi connectivity index (χ1v) is 9.63. The Bertz CT molecular complexity index is 845. The van der Waals surface area contributed by atoms with Crippen molar-refractivity contribution in [3.05, 3.63) is 46.6 Å². The normalized spacial score (nSPS) is 15.0. The van der Waals surface area contributed by atoms with Crippen LogP contribution in [0, 0.1) is 26.7 Å². The minimum absolute atomic E-state index is 0.0288. The van der Waals surface area contributed by atoms with Crippen LogP contribution in [-0.4, -0.2) is 41.5 Å². The highest BCUT2D eigenvalue weighted by Gasteiger charge is 2.29. The maximum Gasteiger partial charge on any atom is 0.309 e. The van der Waals surface area contributed by atoms with Gasteiger partial charge in [0.05, 0.1) is 18.1 Å². The molecular weight excluding hydrogens is 340 g/mol. The van der Waals surface area contributed by atoms with Crippen LogP contribution in [0.5, 0.6) is 0 Å². The number of amides is 1. The Labute approximate surface area is 160 Å². The lowest BCUT2D eigenvalue weighted by Gasteiger charge is -2.30.